The second-order valence-corrected chi connectivity index (χ2v) is 6.82. The summed E-state index contributed by atoms with van der Waals surface area (Å²) in [4.78, 5) is 16.9. The third-order valence-corrected chi connectivity index (χ3v) is 4.69. The lowest BCUT2D eigenvalue weighted by Crippen LogP contribution is -2.29. The molecule has 0 bridgehead atoms. The molecule has 4 rings (SSSR count). The van der Waals surface area contributed by atoms with E-state index in [1.165, 1.54) is 0 Å². The van der Waals surface area contributed by atoms with Gasteiger partial charge in [-0.3, -0.25) is 4.79 Å². The molecule has 0 aliphatic heterocycles. The average Bonchev–Trinajstić information content (AvgIpc) is 3.15. The Bertz CT molecular complexity index is 1140. The van der Waals surface area contributed by atoms with E-state index in [1.807, 2.05) is 72.8 Å². The van der Waals surface area contributed by atoms with Crippen molar-refractivity contribution in [2.24, 2.45) is 0 Å². The summed E-state index contributed by atoms with van der Waals surface area (Å²) in [7, 11) is 0. The number of imidazole rings is 1. The molecule has 0 unspecified atom stereocenters. The van der Waals surface area contributed by atoms with E-state index >= 15 is 0 Å². The Hall–Kier alpha value is -3.86. The zero-order chi connectivity index (χ0) is 20.6. The highest BCUT2D eigenvalue weighted by Gasteiger charge is 2.11. The maximum Gasteiger partial charge on any atom is 0.258 e. The Labute approximate surface area is 175 Å². The van der Waals surface area contributed by atoms with Gasteiger partial charge in [0.25, 0.3) is 5.91 Å². The Morgan fingerprint density at radius 1 is 0.933 bits per heavy atom. The number of nitrogens with zero attached hydrogens (tertiary/aromatic N) is 2. The fourth-order valence-corrected chi connectivity index (χ4v) is 3.22. The lowest BCUT2D eigenvalue weighted by Gasteiger charge is -2.09. The number of fused-ring (bicyclic) bond motifs is 1. The third kappa shape index (κ3) is 4.94. The summed E-state index contributed by atoms with van der Waals surface area (Å²) >= 11 is 0. The number of carbonyl (C=O) groups is 1. The molecule has 0 saturated carbocycles. The van der Waals surface area contributed by atoms with E-state index in [0.717, 1.165) is 22.4 Å². The summed E-state index contributed by atoms with van der Waals surface area (Å²) in [5, 5.41) is 2.91. The molecule has 1 aromatic heterocycles. The lowest BCUT2D eigenvalue weighted by molar-refractivity contribution is -0.123. The van der Waals surface area contributed by atoms with Crippen molar-refractivity contribution >= 4 is 23.0 Å². The normalized spacial score (nSPS) is 11.1. The molecule has 5 nitrogen and oxygen atoms in total. The van der Waals surface area contributed by atoms with E-state index in [-0.39, 0.29) is 12.5 Å². The number of carbonyl (C=O) groups excluding carboxylic acids is 1. The zero-order valence-corrected chi connectivity index (χ0v) is 16.6. The minimum absolute atomic E-state index is 0.0296. The van der Waals surface area contributed by atoms with Crippen LogP contribution in [-0.2, 0) is 17.9 Å². The van der Waals surface area contributed by atoms with Crippen molar-refractivity contribution in [3.05, 3.63) is 102 Å². The first-order valence-corrected chi connectivity index (χ1v) is 9.90. The number of nitrogens with one attached hydrogen (secondary N) is 1. The van der Waals surface area contributed by atoms with Crippen LogP contribution in [0.1, 0.15) is 11.4 Å². The maximum absolute atomic E-state index is 12.2. The number of para-hydroxylation sites is 3. The monoisotopic (exact) mass is 397 g/mol. The van der Waals surface area contributed by atoms with Crippen molar-refractivity contribution in [2.45, 2.75) is 13.1 Å². The van der Waals surface area contributed by atoms with Gasteiger partial charge in [0.15, 0.2) is 6.61 Å². The van der Waals surface area contributed by atoms with Crippen LogP contribution in [-0.4, -0.2) is 22.1 Å². The van der Waals surface area contributed by atoms with Crippen molar-refractivity contribution in [1.82, 2.24) is 14.9 Å². The van der Waals surface area contributed by atoms with Crippen LogP contribution in [0.5, 0.6) is 5.75 Å². The predicted molar refractivity (Wildman–Crippen MR) is 119 cm³/mol. The molecule has 1 amide bonds. The largest absolute Gasteiger partial charge is 0.484 e. The Morgan fingerprint density at radius 2 is 1.63 bits per heavy atom. The number of benzene rings is 3. The molecule has 0 aliphatic carbocycles. The number of rotatable bonds is 8. The van der Waals surface area contributed by atoms with Crippen molar-refractivity contribution in [3.8, 4) is 5.75 Å². The Morgan fingerprint density at radius 3 is 2.43 bits per heavy atom. The van der Waals surface area contributed by atoms with Gasteiger partial charge >= 0.3 is 0 Å². The summed E-state index contributed by atoms with van der Waals surface area (Å²) in [6.45, 7) is 0.976. The molecular weight excluding hydrogens is 374 g/mol. The van der Waals surface area contributed by atoms with Crippen LogP contribution in [0.3, 0.4) is 0 Å². The van der Waals surface area contributed by atoms with E-state index in [2.05, 4.69) is 34.2 Å². The molecule has 4 aromatic rings. The minimum atomic E-state index is -0.183. The average molecular weight is 397 g/mol. The number of hydrogen-bond acceptors (Lipinski definition) is 3. The topological polar surface area (TPSA) is 56.1 Å². The number of hydrogen-bond donors (Lipinski definition) is 1. The number of aromatic nitrogens is 2. The Balaban J connectivity index is 1.43. The molecule has 0 radical (unpaired) electrons. The van der Waals surface area contributed by atoms with Gasteiger partial charge in [-0.1, -0.05) is 72.8 Å². The van der Waals surface area contributed by atoms with Crippen molar-refractivity contribution in [2.75, 3.05) is 6.61 Å². The SMILES string of the molecule is O=C(COc1ccccc1)NCc1nc2ccccc2n1C/C=C/c1ccccc1. The first-order valence-electron chi connectivity index (χ1n) is 9.90. The van der Waals surface area contributed by atoms with Gasteiger partial charge < -0.3 is 14.6 Å². The van der Waals surface area contributed by atoms with Gasteiger partial charge in [0.05, 0.1) is 17.6 Å². The zero-order valence-electron chi connectivity index (χ0n) is 16.6. The molecule has 30 heavy (non-hydrogen) atoms. The number of allylic oxidation sites excluding steroid dienone is 1. The van der Waals surface area contributed by atoms with E-state index in [0.29, 0.717) is 18.8 Å². The fraction of sp³-hybridized carbons (Fsp3) is 0.120. The van der Waals surface area contributed by atoms with Gasteiger partial charge in [0.1, 0.15) is 11.6 Å². The van der Waals surface area contributed by atoms with E-state index in [1.54, 1.807) is 0 Å². The first-order chi connectivity index (χ1) is 14.8. The molecule has 0 spiro atoms. The van der Waals surface area contributed by atoms with E-state index < -0.39 is 0 Å². The predicted octanol–water partition coefficient (Wildman–Crippen LogP) is 4.44. The van der Waals surface area contributed by atoms with E-state index in [4.69, 9.17) is 9.72 Å². The highest BCUT2D eigenvalue weighted by molar-refractivity contribution is 5.78. The number of ether oxygens (including phenoxy) is 1. The molecule has 0 aliphatic rings. The first kappa shape index (κ1) is 19.5. The van der Waals surface area contributed by atoms with Crippen LogP contribution >= 0.6 is 0 Å². The Kier molecular flexibility index (Phi) is 6.20. The third-order valence-electron chi connectivity index (χ3n) is 4.69. The van der Waals surface area contributed by atoms with Gasteiger partial charge in [-0.25, -0.2) is 4.98 Å². The summed E-state index contributed by atoms with van der Waals surface area (Å²) < 4.78 is 7.63. The molecule has 0 saturated heterocycles. The molecule has 1 heterocycles. The highest BCUT2D eigenvalue weighted by Crippen LogP contribution is 2.16. The summed E-state index contributed by atoms with van der Waals surface area (Å²) in [6.07, 6.45) is 4.19. The highest BCUT2D eigenvalue weighted by atomic mass is 16.5. The van der Waals surface area contributed by atoms with Gasteiger partial charge in [-0.05, 0) is 29.8 Å². The molecular formula is C25H23N3O2. The molecule has 0 atom stereocenters. The van der Waals surface area contributed by atoms with Gasteiger partial charge in [0.2, 0.25) is 0 Å². The van der Waals surface area contributed by atoms with Crippen molar-refractivity contribution in [1.29, 1.82) is 0 Å². The lowest BCUT2D eigenvalue weighted by atomic mass is 10.2. The standard InChI is InChI=1S/C25H23N3O2/c29-25(19-30-21-13-5-2-6-14-21)26-18-24-27-22-15-7-8-16-23(22)28(24)17-9-12-20-10-3-1-4-11-20/h1-16H,17-19H2,(H,26,29)/b12-9+. The molecule has 1 N–H and O–H groups in total. The smallest absolute Gasteiger partial charge is 0.258 e. The quantitative estimate of drug-likeness (QED) is 0.478. The fourth-order valence-electron chi connectivity index (χ4n) is 3.22. The van der Waals surface area contributed by atoms with Gasteiger partial charge in [-0.2, -0.15) is 0 Å². The summed E-state index contributed by atoms with van der Waals surface area (Å²) in [6, 6.07) is 27.5. The second kappa shape index (κ2) is 9.56. The van der Waals surface area contributed by atoms with Crippen LogP contribution in [0.15, 0.2) is 91.0 Å². The molecule has 3 aromatic carbocycles. The minimum Gasteiger partial charge on any atom is -0.484 e. The molecule has 0 fully saturated rings. The van der Waals surface area contributed by atoms with Crippen molar-refractivity contribution < 1.29 is 9.53 Å². The summed E-state index contributed by atoms with van der Waals surface area (Å²) in [5.41, 5.74) is 3.10. The van der Waals surface area contributed by atoms with Gasteiger partial charge in [0, 0.05) is 6.54 Å². The second-order valence-electron chi connectivity index (χ2n) is 6.82. The van der Waals surface area contributed by atoms with Crippen LogP contribution in [0, 0.1) is 0 Å². The van der Waals surface area contributed by atoms with Crippen LogP contribution < -0.4 is 10.1 Å². The maximum atomic E-state index is 12.2. The van der Waals surface area contributed by atoms with E-state index in [9.17, 15) is 4.79 Å². The van der Waals surface area contributed by atoms with Gasteiger partial charge in [-0.15, -0.1) is 0 Å². The van der Waals surface area contributed by atoms with Crippen LogP contribution in [0.25, 0.3) is 17.1 Å². The van der Waals surface area contributed by atoms with Crippen LogP contribution in [0.4, 0.5) is 0 Å². The van der Waals surface area contributed by atoms with Crippen LogP contribution in [0.2, 0.25) is 0 Å². The van der Waals surface area contributed by atoms with Crippen molar-refractivity contribution in [3.63, 3.8) is 0 Å². The molecule has 5 heteroatoms. The molecule has 150 valence electrons. The number of amides is 1. The summed E-state index contributed by atoms with van der Waals surface area (Å²) in [5.74, 6) is 1.30.